The van der Waals surface area contributed by atoms with E-state index in [2.05, 4.69) is 10.3 Å². The first kappa shape index (κ1) is 12.8. The van der Waals surface area contributed by atoms with E-state index in [1.165, 1.54) is 25.7 Å². The SMILES string of the molecule is COc1ccc(/C=C2/N=C(C3CCC3)NC2=O)cc1F. The van der Waals surface area contributed by atoms with Crippen LogP contribution in [-0.2, 0) is 4.79 Å². The fraction of sp³-hybridized carbons (Fsp3) is 0.333. The molecule has 20 heavy (non-hydrogen) atoms. The van der Waals surface area contributed by atoms with Crippen molar-refractivity contribution in [2.45, 2.75) is 19.3 Å². The summed E-state index contributed by atoms with van der Waals surface area (Å²) in [5.41, 5.74) is 0.920. The number of hydrogen-bond donors (Lipinski definition) is 1. The van der Waals surface area contributed by atoms with Crippen molar-refractivity contribution in [2.24, 2.45) is 10.9 Å². The van der Waals surface area contributed by atoms with Gasteiger partial charge in [-0.05, 0) is 36.6 Å². The molecule has 1 saturated carbocycles. The molecule has 0 saturated heterocycles. The Balaban J connectivity index is 1.85. The number of hydrogen-bond acceptors (Lipinski definition) is 3. The minimum absolute atomic E-state index is 0.182. The van der Waals surface area contributed by atoms with Crippen LogP contribution in [0.3, 0.4) is 0 Å². The number of nitrogens with zero attached hydrogens (tertiary/aromatic N) is 1. The molecule has 1 fully saturated rings. The lowest BCUT2D eigenvalue weighted by Gasteiger charge is -2.24. The van der Waals surface area contributed by atoms with Gasteiger partial charge in [-0.3, -0.25) is 4.79 Å². The quantitative estimate of drug-likeness (QED) is 0.861. The van der Waals surface area contributed by atoms with Crippen molar-refractivity contribution in [1.82, 2.24) is 5.32 Å². The number of nitrogens with one attached hydrogen (secondary N) is 1. The Hall–Kier alpha value is -2.17. The van der Waals surface area contributed by atoms with Crippen LogP contribution >= 0.6 is 0 Å². The monoisotopic (exact) mass is 274 g/mol. The number of halogens is 1. The molecule has 1 aromatic carbocycles. The number of methoxy groups -OCH3 is 1. The van der Waals surface area contributed by atoms with Crippen molar-refractivity contribution < 1.29 is 13.9 Å². The summed E-state index contributed by atoms with van der Waals surface area (Å²) in [5, 5.41) is 2.79. The molecular weight excluding hydrogens is 259 g/mol. The summed E-state index contributed by atoms with van der Waals surface area (Å²) >= 11 is 0. The maximum absolute atomic E-state index is 13.6. The average molecular weight is 274 g/mol. The predicted molar refractivity (Wildman–Crippen MR) is 73.8 cm³/mol. The number of carbonyl (C=O) groups is 1. The maximum Gasteiger partial charge on any atom is 0.275 e. The molecule has 2 aliphatic rings. The van der Waals surface area contributed by atoms with Crippen LogP contribution < -0.4 is 10.1 Å². The van der Waals surface area contributed by atoms with E-state index in [1.807, 2.05) is 0 Å². The highest BCUT2D eigenvalue weighted by Crippen LogP contribution is 2.29. The second kappa shape index (κ2) is 5.07. The van der Waals surface area contributed by atoms with Crippen LogP contribution in [0, 0.1) is 11.7 Å². The van der Waals surface area contributed by atoms with E-state index in [1.54, 1.807) is 12.1 Å². The van der Waals surface area contributed by atoms with E-state index >= 15 is 0 Å². The zero-order valence-electron chi connectivity index (χ0n) is 11.1. The van der Waals surface area contributed by atoms with Gasteiger partial charge >= 0.3 is 0 Å². The zero-order valence-corrected chi connectivity index (χ0v) is 11.1. The van der Waals surface area contributed by atoms with Crippen molar-refractivity contribution in [3.63, 3.8) is 0 Å². The van der Waals surface area contributed by atoms with Crippen molar-refractivity contribution in [1.29, 1.82) is 0 Å². The van der Waals surface area contributed by atoms with Gasteiger partial charge < -0.3 is 10.1 Å². The summed E-state index contributed by atoms with van der Waals surface area (Å²) < 4.78 is 18.5. The Morgan fingerprint density at radius 3 is 2.85 bits per heavy atom. The van der Waals surface area contributed by atoms with Crippen molar-refractivity contribution in [3.8, 4) is 5.75 Å². The molecule has 0 bridgehead atoms. The molecule has 4 nitrogen and oxygen atoms in total. The lowest BCUT2D eigenvalue weighted by molar-refractivity contribution is -0.115. The van der Waals surface area contributed by atoms with Gasteiger partial charge in [0.25, 0.3) is 5.91 Å². The average Bonchev–Trinajstić information content (AvgIpc) is 2.68. The third-order valence-corrected chi connectivity index (χ3v) is 3.69. The number of benzene rings is 1. The van der Waals surface area contributed by atoms with Crippen LogP contribution in [0.1, 0.15) is 24.8 Å². The Kier molecular flexibility index (Phi) is 3.26. The van der Waals surface area contributed by atoms with Crippen LogP contribution in [0.5, 0.6) is 5.75 Å². The van der Waals surface area contributed by atoms with E-state index < -0.39 is 5.82 Å². The summed E-state index contributed by atoms with van der Waals surface area (Å²) in [4.78, 5) is 16.2. The van der Waals surface area contributed by atoms with Crippen LogP contribution in [0.15, 0.2) is 28.9 Å². The molecule has 5 heteroatoms. The second-order valence-corrected chi connectivity index (χ2v) is 5.00. The van der Waals surface area contributed by atoms with Gasteiger partial charge in [-0.25, -0.2) is 9.38 Å². The minimum Gasteiger partial charge on any atom is -0.494 e. The topological polar surface area (TPSA) is 50.7 Å². The third-order valence-electron chi connectivity index (χ3n) is 3.69. The van der Waals surface area contributed by atoms with E-state index in [9.17, 15) is 9.18 Å². The van der Waals surface area contributed by atoms with Crippen molar-refractivity contribution in [3.05, 3.63) is 35.3 Å². The molecule has 3 rings (SSSR count). The van der Waals surface area contributed by atoms with E-state index in [0.29, 0.717) is 17.2 Å². The number of rotatable bonds is 3. The van der Waals surface area contributed by atoms with Crippen molar-refractivity contribution in [2.75, 3.05) is 7.11 Å². The summed E-state index contributed by atoms with van der Waals surface area (Å²) in [7, 11) is 1.41. The smallest absolute Gasteiger partial charge is 0.275 e. The van der Waals surface area contributed by atoms with Gasteiger partial charge in [0.05, 0.1) is 7.11 Å². The van der Waals surface area contributed by atoms with Crippen LogP contribution in [-0.4, -0.2) is 18.9 Å². The standard InChI is InChI=1S/C15H15FN2O2/c1-20-13-6-5-9(7-11(13)16)8-12-15(19)18-14(17-12)10-3-2-4-10/h5-8,10H,2-4H2,1H3,(H,17,18,19)/b12-8+. The summed E-state index contributed by atoms with van der Waals surface area (Å²) in [6.45, 7) is 0. The second-order valence-electron chi connectivity index (χ2n) is 5.00. The molecule has 0 spiro atoms. The lowest BCUT2D eigenvalue weighted by Crippen LogP contribution is -2.33. The molecule has 1 aliphatic carbocycles. The Morgan fingerprint density at radius 1 is 1.45 bits per heavy atom. The molecule has 1 aliphatic heterocycles. The largest absolute Gasteiger partial charge is 0.494 e. The van der Waals surface area contributed by atoms with Crippen LogP contribution in [0.4, 0.5) is 4.39 Å². The van der Waals surface area contributed by atoms with Gasteiger partial charge in [-0.1, -0.05) is 12.5 Å². The fourth-order valence-electron chi connectivity index (χ4n) is 2.29. The molecule has 1 amide bonds. The molecular formula is C15H15FN2O2. The van der Waals surface area contributed by atoms with Gasteiger partial charge in [-0.15, -0.1) is 0 Å². The molecule has 1 N–H and O–H groups in total. The summed E-state index contributed by atoms with van der Waals surface area (Å²) in [6, 6.07) is 4.56. The van der Waals surface area contributed by atoms with E-state index in [-0.39, 0.29) is 11.7 Å². The zero-order chi connectivity index (χ0) is 14.1. The number of amidine groups is 1. The van der Waals surface area contributed by atoms with Gasteiger partial charge in [0.15, 0.2) is 11.6 Å². The Bertz CT molecular complexity index is 618. The Morgan fingerprint density at radius 2 is 2.25 bits per heavy atom. The first-order valence-corrected chi connectivity index (χ1v) is 6.62. The van der Waals surface area contributed by atoms with E-state index in [0.717, 1.165) is 18.7 Å². The number of aliphatic imine (C=N–C) groups is 1. The third kappa shape index (κ3) is 2.31. The lowest BCUT2D eigenvalue weighted by atomic mass is 9.84. The van der Waals surface area contributed by atoms with E-state index in [4.69, 9.17) is 4.74 Å². The normalized spacial score (nSPS) is 20.6. The van der Waals surface area contributed by atoms with Crippen molar-refractivity contribution >= 4 is 17.8 Å². The molecule has 0 radical (unpaired) electrons. The van der Waals surface area contributed by atoms with Gasteiger partial charge in [0, 0.05) is 5.92 Å². The van der Waals surface area contributed by atoms with Gasteiger partial charge in [0.2, 0.25) is 0 Å². The van der Waals surface area contributed by atoms with Gasteiger partial charge in [-0.2, -0.15) is 0 Å². The minimum atomic E-state index is -0.455. The first-order valence-electron chi connectivity index (χ1n) is 6.62. The molecule has 0 unspecified atom stereocenters. The van der Waals surface area contributed by atoms with Crippen LogP contribution in [0.25, 0.3) is 6.08 Å². The van der Waals surface area contributed by atoms with Crippen LogP contribution in [0.2, 0.25) is 0 Å². The number of carbonyl (C=O) groups excluding carboxylic acids is 1. The maximum atomic E-state index is 13.6. The highest BCUT2D eigenvalue weighted by Gasteiger charge is 2.30. The molecule has 104 valence electrons. The fourth-order valence-corrected chi connectivity index (χ4v) is 2.29. The summed E-state index contributed by atoms with van der Waals surface area (Å²) in [5.74, 6) is 0.632. The first-order chi connectivity index (χ1) is 9.67. The molecule has 0 atom stereocenters. The highest BCUT2D eigenvalue weighted by atomic mass is 19.1. The molecule has 1 heterocycles. The predicted octanol–water partition coefficient (Wildman–Crippen LogP) is 2.50. The molecule has 1 aromatic rings. The molecule has 0 aromatic heterocycles. The Labute approximate surface area is 116 Å². The highest BCUT2D eigenvalue weighted by molar-refractivity contribution is 6.15. The number of ether oxygens (including phenoxy) is 1. The number of amides is 1. The van der Waals surface area contributed by atoms with Gasteiger partial charge in [0.1, 0.15) is 11.5 Å². The summed E-state index contributed by atoms with van der Waals surface area (Å²) in [6.07, 6.45) is 4.92.